The van der Waals surface area contributed by atoms with Crippen LogP contribution in [0.15, 0.2) is 41.3 Å². The Morgan fingerprint density at radius 2 is 1.59 bits per heavy atom. The molecule has 0 heterocycles. The van der Waals surface area contributed by atoms with Crippen molar-refractivity contribution in [2.45, 2.75) is 37.8 Å². The van der Waals surface area contributed by atoms with Crippen LogP contribution >= 0.6 is 34.8 Å². The van der Waals surface area contributed by atoms with E-state index >= 15 is 0 Å². The van der Waals surface area contributed by atoms with E-state index in [1.54, 1.807) is 13.8 Å². The molecule has 0 saturated heterocycles. The fraction of sp³-hybridized carbons (Fsp3) is 0.300. The van der Waals surface area contributed by atoms with E-state index in [1.807, 2.05) is 0 Å². The number of esters is 1. The Morgan fingerprint density at radius 1 is 1.00 bits per heavy atom. The minimum absolute atomic E-state index is 0.115. The van der Waals surface area contributed by atoms with E-state index in [0.717, 1.165) is 12.1 Å². The Labute approximate surface area is 200 Å². The van der Waals surface area contributed by atoms with Crippen LogP contribution < -0.4 is 10.0 Å². The summed E-state index contributed by atoms with van der Waals surface area (Å²) in [6, 6.07) is 6.03. The maximum Gasteiger partial charge on any atom is 0.325 e. The lowest BCUT2D eigenvalue weighted by Crippen LogP contribution is -2.47. The number of amides is 1. The van der Waals surface area contributed by atoms with E-state index in [2.05, 4.69) is 10.0 Å². The van der Waals surface area contributed by atoms with Gasteiger partial charge in [0.1, 0.15) is 16.8 Å². The summed E-state index contributed by atoms with van der Waals surface area (Å²) in [5, 5.41) is 2.91. The molecular weight excluding hydrogens is 506 g/mol. The molecule has 0 bridgehead atoms. The summed E-state index contributed by atoms with van der Waals surface area (Å²) in [7, 11) is -4.37. The van der Waals surface area contributed by atoms with Gasteiger partial charge in [-0.2, -0.15) is 4.72 Å². The molecule has 0 aliphatic heterocycles. The molecule has 1 amide bonds. The fourth-order valence-electron chi connectivity index (χ4n) is 2.50. The van der Waals surface area contributed by atoms with Crippen LogP contribution in [0.4, 0.5) is 10.1 Å². The number of benzene rings is 2. The van der Waals surface area contributed by atoms with Crippen LogP contribution in [0.2, 0.25) is 15.1 Å². The molecule has 2 aromatic carbocycles. The molecule has 2 aromatic rings. The zero-order valence-corrected chi connectivity index (χ0v) is 20.2. The molecule has 0 aromatic heterocycles. The topological polar surface area (TPSA) is 102 Å². The zero-order valence-electron chi connectivity index (χ0n) is 17.2. The highest BCUT2D eigenvalue weighted by Gasteiger charge is 2.33. The normalized spacial score (nSPS) is 13.5. The van der Waals surface area contributed by atoms with E-state index < -0.39 is 50.7 Å². The molecule has 0 aliphatic carbocycles. The van der Waals surface area contributed by atoms with Gasteiger partial charge in [0, 0.05) is 0 Å². The number of nitrogens with one attached hydrogen (secondary N) is 2. The molecule has 7 nitrogen and oxygen atoms in total. The van der Waals surface area contributed by atoms with Gasteiger partial charge in [-0.1, -0.05) is 60.8 Å². The summed E-state index contributed by atoms with van der Waals surface area (Å²) < 4.78 is 46.3. The summed E-state index contributed by atoms with van der Waals surface area (Å²) in [4.78, 5) is 24.4. The van der Waals surface area contributed by atoms with Crippen LogP contribution in [0.25, 0.3) is 0 Å². The maximum absolute atomic E-state index is 13.9. The lowest BCUT2D eigenvalue weighted by molar-refractivity contribution is -0.155. The molecule has 174 valence electrons. The number of ether oxygens (including phenoxy) is 1. The lowest BCUT2D eigenvalue weighted by Gasteiger charge is -2.23. The first-order chi connectivity index (χ1) is 14.8. The Morgan fingerprint density at radius 3 is 2.19 bits per heavy atom. The number of carbonyl (C=O) groups excluding carboxylic acids is 2. The molecule has 0 radical (unpaired) electrons. The highest BCUT2D eigenvalue weighted by Crippen LogP contribution is 2.32. The smallest absolute Gasteiger partial charge is 0.325 e. The number of hydrogen-bond acceptors (Lipinski definition) is 5. The number of carbonyl (C=O) groups is 2. The van der Waals surface area contributed by atoms with Gasteiger partial charge in [-0.25, -0.2) is 12.8 Å². The van der Waals surface area contributed by atoms with Crippen molar-refractivity contribution in [2.75, 3.05) is 5.32 Å². The summed E-state index contributed by atoms with van der Waals surface area (Å²) in [6.45, 7) is 4.42. The SMILES string of the molecule is CC(OC(=O)C(NS(=O)(=O)c1ccccc1F)C(C)C)C(=O)Nc1cc(Cl)c(Cl)cc1Cl. The highest BCUT2D eigenvalue weighted by molar-refractivity contribution is 7.89. The van der Waals surface area contributed by atoms with Gasteiger partial charge in [-0.05, 0) is 37.1 Å². The van der Waals surface area contributed by atoms with Crippen molar-refractivity contribution in [2.24, 2.45) is 5.92 Å². The molecule has 2 rings (SSSR count). The monoisotopic (exact) mass is 524 g/mol. The van der Waals surface area contributed by atoms with Gasteiger partial charge in [0.15, 0.2) is 6.10 Å². The Kier molecular flexibility index (Phi) is 8.90. The van der Waals surface area contributed by atoms with Crippen molar-refractivity contribution < 1.29 is 27.1 Å². The standard InChI is InChI=1S/C20H20Cl3FN2O5S/c1-10(2)18(26-32(29,30)17-7-5-4-6-15(17)24)20(28)31-11(3)19(27)25-16-9-13(22)12(21)8-14(16)23/h4-11,18,26H,1-3H3,(H,25,27). The van der Waals surface area contributed by atoms with Crippen LogP contribution in [-0.4, -0.2) is 32.4 Å². The first-order valence-electron chi connectivity index (χ1n) is 9.26. The van der Waals surface area contributed by atoms with Crippen LogP contribution in [0, 0.1) is 11.7 Å². The predicted octanol–water partition coefficient (Wildman–Crippen LogP) is 4.66. The molecule has 0 fully saturated rings. The van der Waals surface area contributed by atoms with Gasteiger partial charge < -0.3 is 10.1 Å². The third-order valence-corrected chi connectivity index (χ3v) is 6.77. The molecule has 0 saturated carbocycles. The predicted molar refractivity (Wildman–Crippen MR) is 121 cm³/mol. The molecule has 2 N–H and O–H groups in total. The van der Waals surface area contributed by atoms with Gasteiger partial charge in [-0.3, -0.25) is 9.59 Å². The quantitative estimate of drug-likeness (QED) is 0.386. The van der Waals surface area contributed by atoms with Crippen molar-refractivity contribution in [1.82, 2.24) is 4.72 Å². The van der Waals surface area contributed by atoms with E-state index in [4.69, 9.17) is 39.5 Å². The van der Waals surface area contributed by atoms with Crippen molar-refractivity contribution in [3.8, 4) is 0 Å². The molecular formula is C20H20Cl3FN2O5S. The second-order valence-corrected chi connectivity index (χ2v) is 9.99. The van der Waals surface area contributed by atoms with Crippen molar-refractivity contribution in [3.05, 3.63) is 57.3 Å². The van der Waals surface area contributed by atoms with E-state index in [9.17, 15) is 22.4 Å². The van der Waals surface area contributed by atoms with Gasteiger partial charge >= 0.3 is 5.97 Å². The summed E-state index contributed by atoms with van der Waals surface area (Å²) in [6.07, 6.45) is -1.31. The average molecular weight is 526 g/mol. The Hall–Kier alpha value is -1.91. The molecule has 32 heavy (non-hydrogen) atoms. The Balaban J connectivity index is 2.13. The zero-order chi connectivity index (χ0) is 24.2. The van der Waals surface area contributed by atoms with E-state index in [1.165, 1.54) is 31.2 Å². The van der Waals surface area contributed by atoms with Crippen LogP contribution in [0.1, 0.15) is 20.8 Å². The number of hydrogen-bond donors (Lipinski definition) is 2. The summed E-state index contributed by atoms with van der Waals surface area (Å²) in [5.41, 5.74) is 0.148. The second-order valence-electron chi connectivity index (χ2n) is 7.09. The fourth-order valence-corrected chi connectivity index (χ4v) is 4.51. The van der Waals surface area contributed by atoms with Gasteiger partial charge in [0.05, 0.1) is 20.8 Å². The molecule has 12 heteroatoms. The second kappa shape index (κ2) is 10.8. The maximum atomic E-state index is 13.9. The lowest BCUT2D eigenvalue weighted by atomic mass is 10.1. The van der Waals surface area contributed by atoms with Gasteiger partial charge in [-0.15, -0.1) is 0 Å². The molecule has 0 spiro atoms. The molecule has 2 atom stereocenters. The molecule has 0 aliphatic rings. The van der Waals surface area contributed by atoms with Gasteiger partial charge in [0.25, 0.3) is 5.91 Å². The number of rotatable bonds is 8. The largest absolute Gasteiger partial charge is 0.451 e. The minimum Gasteiger partial charge on any atom is -0.451 e. The minimum atomic E-state index is -4.37. The van der Waals surface area contributed by atoms with Crippen LogP contribution in [0.5, 0.6) is 0 Å². The number of halogens is 4. The van der Waals surface area contributed by atoms with Crippen LogP contribution in [-0.2, 0) is 24.3 Å². The third kappa shape index (κ3) is 6.55. The van der Waals surface area contributed by atoms with E-state index in [0.29, 0.717) is 0 Å². The van der Waals surface area contributed by atoms with E-state index in [-0.39, 0.29) is 20.8 Å². The van der Waals surface area contributed by atoms with Gasteiger partial charge in [0.2, 0.25) is 10.0 Å². The first kappa shape index (κ1) is 26.3. The van der Waals surface area contributed by atoms with Crippen LogP contribution in [0.3, 0.4) is 0 Å². The highest BCUT2D eigenvalue weighted by atomic mass is 35.5. The third-order valence-electron chi connectivity index (χ3n) is 4.26. The average Bonchev–Trinajstić information content (AvgIpc) is 2.70. The summed E-state index contributed by atoms with van der Waals surface area (Å²) in [5.74, 6) is -3.29. The summed E-state index contributed by atoms with van der Waals surface area (Å²) >= 11 is 17.8. The molecule has 2 unspecified atom stereocenters. The number of anilines is 1. The van der Waals surface area contributed by atoms with Crippen molar-refractivity contribution in [1.29, 1.82) is 0 Å². The Bertz CT molecular complexity index is 1130. The first-order valence-corrected chi connectivity index (χ1v) is 11.9. The number of sulfonamides is 1. The van der Waals surface area contributed by atoms with Crippen molar-refractivity contribution in [3.63, 3.8) is 0 Å². The van der Waals surface area contributed by atoms with Crippen molar-refractivity contribution >= 4 is 62.4 Å².